The van der Waals surface area contributed by atoms with Gasteiger partial charge in [0.1, 0.15) is 16.9 Å². The molecule has 1 aromatic heterocycles. The second-order valence-electron chi connectivity index (χ2n) is 8.79. The fourth-order valence-electron chi connectivity index (χ4n) is 4.17. The highest BCUT2D eigenvalue weighted by Gasteiger charge is 2.50. The lowest BCUT2D eigenvalue weighted by Crippen LogP contribution is -2.66. The number of likely N-dealkylation sites (tertiary alicyclic amines) is 1. The van der Waals surface area contributed by atoms with Gasteiger partial charge in [-0.1, -0.05) is 11.6 Å². The smallest absolute Gasteiger partial charge is 0.410 e. The highest BCUT2D eigenvalue weighted by atomic mass is 79.9. The Morgan fingerprint density at radius 1 is 1.20 bits per heavy atom. The van der Waals surface area contributed by atoms with Crippen molar-refractivity contribution < 1.29 is 13.9 Å². The van der Waals surface area contributed by atoms with Gasteiger partial charge >= 0.3 is 6.09 Å². The van der Waals surface area contributed by atoms with E-state index < -0.39 is 11.4 Å². The number of ether oxygens (including phenoxy) is 1. The maximum Gasteiger partial charge on any atom is 0.410 e. The van der Waals surface area contributed by atoms with Crippen LogP contribution < -0.4 is 4.90 Å². The maximum atomic E-state index is 14.7. The van der Waals surface area contributed by atoms with Gasteiger partial charge < -0.3 is 14.5 Å². The summed E-state index contributed by atoms with van der Waals surface area (Å²) in [5, 5.41) is 0.735. The molecular weight excluding hydrogens is 498 g/mol. The molecule has 2 aliphatic rings. The third kappa shape index (κ3) is 3.82. The van der Waals surface area contributed by atoms with E-state index in [1.807, 2.05) is 25.7 Å². The Morgan fingerprint density at radius 3 is 2.40 bits per heavy atom. The van der Waals surface area contributed by atoms with E-state index in [0.29, 0.717) is 30.8 Å². The van der Waals surface area contributed by atoms with Crippen molar-refractivity contribution in [2.75, 3.05) is 24.5 Å². The minimum atomic E-state index is -0.563. The molecule has 0 saturated carbocycles. The number of nitrogens with zero attached hydrogens (tertiary/aromatic N) is 4. The molecule has 0 aliphatic carbocycles. The highest BCUT2D eigenvalue weighted by molar-refractivity contribution is 9.10. The molecule has 2 fully saturated rings. The molecule has 1 amide bonds. The first kappa shape index (κ1) is 21.8. The van der Waals surface area contributed by atoms with E-state index in [4.69, 9.17) is 27.9 Å². The van der Waals surface area contributed by atoms with Gasteiger partial charge in [0.25, 0.3) is 0 Å². The number of anilines is 1. The van der Waals surface area contributed by atoms with Crippen molar-refractivity contribution in [1.29, 1.82) is 0 Å². The minimum absolute atomic E-state index is 0.0232. The molecule has 3 heterocycles. The number of carbonyl (C=O) groups is 1. The Kier molecular flexibility index (Phi) is 5.56. The van der Waals surface area contributed by atoms with E-state index in [1.165, 1.54) is 0 Å². The SMILES string of the molecule is CC(C)(C)OC(=O)N1CCC12CCN(c1nc(Cl)nc3c(F)c(Br)c(Cl)cc13)CC2. The summed E-state index contributed by atoms with van der Waals surface area (Å²) in [5.74, 6) is -0.0112. The lowest BCUT2D eigenvalue weighted by atomic mass is 9.76. The van der Waals surface area contributed by atoms with Crippen LogP contribution in [0.2, 0.25) is 10.3 Å². The van der Waals surface area contributed by atoms with Gasteiger partial charge in [-0.3, -0.25) is 0 Å². The summed E-state index contributed by atoms with van der Waals surface area (Å²) < 4.78 is 20.4. The van der Waals surface area contributed by atoms with Gasteiger partial charge in [0.05, 0.1) is 15.0 Å². The molecule has 0 N–H and O–H groups in total. The van der Waals surface area contributed by atoms with E-state index in [1.54, 1.807) is 6.07 Å². The molecule has 0 unspecified atom stereocenters. The molecule has 2 aliphatic heterocycles. The van der Waals surface area contributed by atoms with Crippen molar-refractivity contribution in [2.45, 2.75) is 51.2 Å². The molecule has 2 saturated heterocycles. The van der Waals surface area contributed by atoms with Crippen molar-refractivity contribution in [2.24, 2.45) is 0 Å². The van der Waals surface area contributed by atoms with Gasteiger partial charge in [-0.05, 0) is 73.6 Å². The largest absolute Gasteiger partial charge is 0.444 e. The molecular formula is C20H22BrCl2FN4O2. The number of halogens is 4. The Balaban J connectivity index is 1.58. The average Bonchev–Trinajstić information content (AvgIpc) is 2.64. The number of hydrogen-bond donors (Lipinski definition) is 0. The van der Waals surface area contributed by atoms with Crippen molar-refractivity contribution in [1.82, 2.24) is 14.9 Å². The fraction of sp³-hybridized carbons (Fsp3) is 0.550. The number of aromatic nitrogens is 2. The first-order chi connectivity index (χ1) is 14.0. The van der Waals surface area contributed by atoms with Crippen molar-refractivity contribution in [3.63, 3.8) is 0 Å². The van der Waals surface area contributed by atoms with E-state index in [0.717, 1.165) is 19.3 Å². The third-order valence-electron chi connectivity index (χ3n) is 5.76. The van der Waals surface area contributed by atoms with E-state index >= 15 is 0 Å². The monoisotopic (exact) mass is 518 g/mol. The zero-order valence-corrected chi connectivity index (χ0v) is 20.0. The quantitative estimate of drug-likeness (QED) is 0.351. The van der Waals surface area contributed by atoms with Crippen LogP contribution in [0.25, 0.3) is 10.9 Å². The molecule has 0 atom stereocenters. The van der Waals surface area contributed by atoms with Crippen LogP contribution in [0, 0.1) is 5.82 Å². The van der Waals surface area contributed by atoms with Crippen LogP contribution in [0.3, 0.4) is 0 Å². The summed E-state index contributed by atoms with van der Waals surface area (Å²) >= 11 is 15.4. The van der Waals surface area contributed by atoms with Crippen molar-refractivity contribution in [3.8, 4) is 0 Å². The third-order valence-corrected chi connectivity index (χ3v) is 7.23. The first-order valence-electron chi connectivity index (χ1n) is 9.77. The molecule has 10 heteroatoms. The molecule has 6 nitrogen and oxygen atoms in total. The van der Waals surface area contributed by atoms with Gasteiger partial charge in [0, 0.05) is 25.0 Å². The Morgan fingerprint density at radius 2 is 1.83 bits per heavy atom. The Labute approximate surface area is 192 Å². The first-order valence-corrected chi connectivity index (χ1v) is 11.3. The number of rotatable bonds is 1. The zero-order valence-electron chi connectivity index (χ0n) is 16.9. The van der Waals surface area contributed by atoms with E-state index in [9.17, 15) is 9.18 Å². The number of benzene rings is 1. The minimum Gasteiger partial charge on any atom is -0.444 e. The summed E-state index contributed by atoms with van der Waals surface area (Å²) in [6, 6.07) is 1.65. The van der Waals surface area contributed by atoms with Crippen LogP contribution in [0.4, 0.5) is 15.0 Å². The predicted molar refractivity (Wildman–Crippen MR) is 119 cm³/mol. The molecule has 4 rings (SSSR count). The average molecular weight is 520 g/mol. The maximum absolute atomic E-state index is 14.7. The molecule has 1 aromatic carbocycles. The Hall–Kier alpha value is -1.38. The summed E-state index contributed by atoms with van der Waals surface area (Å²) in [5.41, 5.74) is -0.596. The van der Waals surface area contributed by atoms with Gasteiger partial charge in [-0.2, -0.15) is 4.98 Å². The fourth-order valence-corrected chi connectivity index (χ4v) is 4.83. The van der Waals surface area contributed by atoms with Crippen LogP contribution in [-0.2, 0) is 4.74 Å². The summed E-state index contributed by atoms with van der Waals surface area (Å²) in [6.45, 7) is 7.60. The summed E-state index contributed by atoms with van der Waals surface area (Å²) in [4.78, 5) is 24.9. The number of carbonyl (C=O) groups excluding carboxylic acids is 1. The predicted octanol–water partition coefficient (Wildman–Crippen LogP) is 5.82. The lowest BCUT2D eigenvalue weighted by Gasteiger charge is -2.56. The number of piperidine rings is 1. The number of amides is 1. The van der Waals surface area contributed by atoms with E-state index in [-0.39, 0.29) is 31.9 Å². The Bertz CT molecular complexity index is 1020. The van der Waals surface area contributed by atoms with Gasteiger partial charge in [0.2, 0.25) is 5.28 Å². The van der Waals surface area contributed by atoms with E-state index in [2.05, 4.69) is 30.8 Å². The van der Waals surface area contributed by atoms with Gasteiger partial charge in [0.15, 0.2) is 5.82 Å². The van der Waals surface area contributed by atoms with Gasteiger partial charge in [-0.15, -0.1) is 0 Å². The second-order valence-corrected chi connectivity index (χ2v) is 10.3. The van der Waals surface area contributed by atoms with Crippen LogP contribution >= 0.6 is 39.1 Å². The van der Waals surface area contributed by atoms with Crippen molar-refractivity contribution in [3.05, 3.63) is 26.7 Å². The summed E-state index contributed by atoms with van der Waals surface area (Å²) in [7, 11) is 0. The normalized spacial score (nSPS) is 18.6. The van der Waals surface area contributed by atoms with Gasteiger partial charge in [-0.25, -0.2) is 14.2 Å². The van der Waals surface area contributed by atoms with Crippen LogP contribution in [0.5, 0.6) is 0 Å². The molecule has 162 valence electrons. The summed E-state index contributed by atoms with van der Waals surface area (Å²) in [6.07, 6.45) is 2.21. The standard InChI is InChI=1S/C20H22BrCl2FN4O2/c1-19(2,3)30-18(29)28-9-6-20(28)4-7-27(8-5-20)16-11-10-12(22)13(21)14(24)15(11)25-17(23)26-16/h10H,4-9H2,1-3H3. The lowest BCUT2D eigenvalue weighted by molar-refractivity contribution is -0.0541. The highest BCUT2D eigenvalue weighted by Crippen LogP contribution is 2.43. The molecule has 0 bridgehead atoms. The van der Waals surface area contributed by atoms with Crippen LogP contribution in [0.1, 0.15) is 40.0 Å². The topological polar surface area (TPSA) is 58.6 Å². The molecule has 1 spiro atoms. The second kappa shape index (κ2) is 7.64. The van der Waals surface area contributed by atoms with Crippen molar-refractivity contribution >= 4 is 61.9 Å². The van der Waals surface area contributed by atoms with Crippen LogP contribution in [-0.4, -0.2) is 51.7 Å². The van der Waals surface area contributed by atoms with Crippen LogP contribution in [0.15, 0.2) is 10.5 Å². The zero-order chi connectivity index (χ0) is 21.8. The molecule has 2 aromatic rings. The molecule has 0 radical (unpaired) electrons. The molecule has 30 heavy (non-hydrogen) atoms. The number of hydrogen-bond acceptors (Lipinski definition) is 5. The number of fused-ring (bicyclic) bond motifs is 1.